The largest absolute Gasteiger partial charge is 0.384 e. The average Bonchev–Trinajstić information content (AvgIpc) is 4.17. The van der Waals surface area contributed by atoms with Crippen LogP contribution >= 0.6 is 22.7 Å². The van der Waals surface area contributed by atoms with Gasteiger partial charge in [0.1, 0.15) is 15.4 Å². The van der Waals surface area contributed by atoms with Gasteiger partial charge in [0.15, 0.2) is 0 Å². The molecule has 0 spiro atoms. The first kappa shape index (κ1) is 50.3. The van der Waals surface area contributed by atoms with Crippen LogP contribution in [-0.4, -0.2) is 59.8 Å². The molecular formula is C54H70N8O5S2. The maximum Gasteiger partial charge on any atom is 0.358 e. The van der Waals surface area contributed by atoms with Gasteiger partial charge in [0, 0.05) is 41.1 Å². The Hall–Kier alpha value is -5.12. The summed E-state index contributed by atoms with van der Waals surface area (Å²) in [5, 5.41) is 17.1. The molecule has 4 aliphatic carbocycles. The number of rotatable bonds is 10. The fourth-order valence-electron chi connectivity index (χ4n) is 10.7. The number of amides is 2. The van der Waals surface area contributed by atoms with Crippen molar-refractivity contribution in [3.05, 3.63) is 56.4 Å². The fraction of sp³-hybridized carbons (Fsp3) is 0.630. The molecule has 0 saturated heterocycles. The van der Waals surface area contributed by atoms with Crippen LogP contribution in [0.5, 0.6) is 0 Å². The van der Waals surface area contributed by atoms with Crippen LogP contribution in [0.4, 0.5) is 11.4 Å². The van der Waals surface area contributed by atoms with Crippen LogP contribution in [0.2, 0.25) is 0 Å². The average molecular weight is 975 g/mol. The highest BCUT2D eigenvalue weighted by Gasteiger charge is 2.48. The maximum atomic E-state index is 15.4. The molecule has 0 bridgehead atoms. The van der Waals surface area contributed by atoms with E-state index in [0.717, 1.165) is 106 Å². The zero-order valence-electron chi connectivity index (χ0n) is 41.9. The third kappa shape index (κ3) is 11.7. The minimum atomic E-state index is -0.948. The highest BCUT2D eigenvalue weighted by molar-refractivity contribution is 7.15. The van der Waals surface area contributed by atoms with Crippen LogP contribution < -0.4 is 9.80 Å². The van der Waals surface area contributed by atoms with Gasteiger partial charge >= 0.3 is 11.9 Å². The van der Waals surface area contributed by atoms with Crippen LogP contribution in [0, 0.1) is 58.2 Å². The highest BCUT2D eigenvalue weighted by Crippen LogP contribution is 2.47. The number of thiophene rings is 2. The van der Waals surface area contributed by atoms with Crippen molar-refractivity contribution in [3.63, 3.8) is 0 Å². The van der Waals surface area contributed by atoms with Gasteiger partial charge < -0.3 is 9.64 Å². The molecule has 15 heteroatoms. The third-order valence-electron chi connectivity index (χ3n) is 14.6. The van der Waals surface area contributed by atoms with Crippen molar-refractivity contribution >= 4 is 57.8 Å². The molecule has 4 fully saturated rings. The van der Waals surface area contributed by atoms with E-state index >= 15 is 19.2 Å². The number of hydrogen-bond acceptors (Lipinski definition) is 11. The minimum Gasteiger partial charge on any atom is -0.384 e. The summed E-state index contributed by atoms with van der Waals surface area (Å²) in [5.41, 5.74) is -0.830. The van der Waals surface area contributed by atoms with Crippen LogP contribution in [0.3, 0.4) is 0 Å². The Kier molecular flexibility index (Phi) is 15.4. The Morgan fingerprint density at radius 2 is 1.16 bits per heavy atom. The first-order chi connectivity index (χ1) is 32.9. The molecule has 0 radical (unpaired) electrons. The number of hydrogen-bond donors (Lipinski definition) is 0. The standard InChI is InChI=1S/C54H70N8O5S2/c1-36-12-16-38(17-13-36)48(63)61(41-22-20-40(21-23-41)59-32-30-55-57-59)44-34-42(24-28-52(3,4)5)68-46(44)50(65)67-51(66)47-45(35-43(69-47)25-29-53(6,7)8)62(49(64)39-18-14-37(2)15-19-39)54(26-10-9-11-27-54)60-33-31-56-58-60/h30-41H,9-23,26-27H2,1-8H3. The monoisotopic (exact) mass is 974 g/mol. The number of nitrogens with zero attached hydrogens (tertiary/aromatic N) is 8. The Bertz CT molecular complexity index is 2560. The molecule has 368 valence electrons. The van der Waals surface area contributed by atoms with E-state index in [2.05, 4.69) is 58.2 Å². The van der Waals surface area contributed by atoms with Gasteiger partial charge in [-0.1, -0.05) is 54.4 Å². The fourth-order valence-corrected chi connectivity index (χ4v) is 12.5. The second-order valence-corrected chi connectivity index (χ2v) is 24.5. The molecule has 8 rings (SSSR count). The zero-order valence-corrected chi connectivity index (χ0v) is 43.5. The predicted molar refractivity (Wildman–Crippen MR) is 271 cm³/mol. The maximum absolute atomic E-state index is 15.4. The number of carbonyl (C=O) groups excluding carboxylic acids is 4. The minimum absolute atomic E-state index is 0.000581. The zero-order chi connectivity index (χ0) is 49.1. The van der Waals surface area contributed by atoms with E-state index in [1.165, 1.54) is 0 Å². The lowest BCUT2D eigenvalue weighted by Gasteiger charge is -2.47. The second-order valence-electron chi connectivity index (χ2n) is 22.4. The summed E-state index contributed by atoms with van der Waals surface area (Å²) in [6.07, 6.45) is 20.7. The summed E-state index contributed by atoms with van der Waals surface area (Å²) in [5.74, 6) is 12.0. The van der Waals surface area contributed by atoms with Crippen molar-refractivity contribution in [1.29, 1.82) is 0 Å². The number of carbonyl (C=O) groups is 4. The predicted octanol–water partition coefficient (Wildman–Crippen LogP) is 11.6. The van der Waals surface area contributed by atoms with Gasteiger partial charge in [-0.15, -0.1) is 32.9 Å². The van der Waals surface area contributed by atoms with Crippen LogP contribution in [0.1, 0.15) is 200 Å². The molecule has 0 N–H and O–H groups in total. The van der Waals surface area contributed by atoms with E-state index in [9.17, 15) is 0 Å². The molecule has 4 heterocycles. The second kappa shape index (κ2) is 21.1. The first-order valence-electron chi connectivity index (χ1n) is 25.4. The molecule has 4 aliphatic rings. The van der Waals surface area contributed by atoms with Gasteiger partial charge in [-0.05, 0) is 168 Å². The van der Waals surface area contributed by atoms with Crippen molar-refractivity contribution in [2.75, 3.05) is 9.80 Å². The summed E-state index contributed by atoms with van der Waals surface area (Å²) >= 11 is 2.29. The van der Waals surface area contributed by atoms with Crippen LogP contribution in [0.25, 0.3) is 0 Å². The Morgan fingerprint density at radius 3 is 1.67 bits per heavy atom. The molecule has 69 heavy (non-hydrogen) atoms. The number of ether oxygens (including phenoxy) is 1. The molecule has 0 atom stereocenters. The van der Waals surface area contributed by atoms with Gasteiger partial charge in [0.25, 0.3) is 0 Å². The summed E-state index contributed by atoms with van der Waals surface area (Å²) in [6, 6.07) is 3.64. The van der Waals surface area contributed by atoms with E-state index < -0.39 is 17.6 Å². The molecule has 4 aromatic rings. The summed E-state index contributed by atoms with van der Waals surface area (Å²) < 4.78 is 9.78. The molecular weight excluding hydrogens is 905 g/mol. The summed E-state index contributed by atoms with van der Waals surface area (Å²) in [4.78, 5) is 65.8. The van der Waals surface area contributed by atoms with Crippen molar-refractivity contribution < 1.29 is 23.9 Å². The third-order valence-corrected chi connectivity index (χ3v) is 16.6. The van der Waals surface area contributed by atoms with Gasteiger partial charge in [-0.3, -0.25) is 14.5 Å². The van der Waals surface area contributed by atoms with Crippen LogP contribution in [0.15, 0.2) is 36.9 Å². The Labute approximate surface area is 416 Å². The molecule has 0 aromatic carbocycles. The molecule has 4 aromatic heterocycles. The van der Waals surface area contributed by atoms with Gasteiger partial charge in [0.05, 0.1) is 39.6 Å². The topological polar surface area (TPSA) is 145 Å². The van der Waals surface area contributed by atoms with E-state index in [1.807, 2.05) is 80.6 Å². The summed E-state index contributed by atoms with van der Waals surface area (Å²) in [7, 11) is 0. The molecule has 0 aliphatic heterocycles. The van der Waals surface area contributed by atoms with Gasteiger partial charge in [-0.25, -0.2) is 19.0 Å². The Morgan fingerprint density at radius 1 is 0.652 bits per heavy atom. The first-order valence-corrected chi connectivity index (χ1v) is 27.0. The van der Waals surface area contributed by atoms with E-state index in [1.54, 1.807) is 17.1 Å². The van der Waals surface area contributed by atoms with Gasteiger partial charge in [-0.2, -0.15) is 0 Å². The molecule has 4 saturated carbocycles. The molecule has 2 amide bonds. The normalized spacial score (nSPS) is 23.9. The highest BCUT2D eigenvalue weighted by atomic mass is 32.1. The lowest BCUT2D eigenvalue weighted by atomic mass is 9.80. The van der Waals surface area contributed by atoms with Crippen molar-refractivity contribution in [2.24, 2.45) is 34.5 Å². The van der Waals surface area contributed by atoms with Gasteiger partial charge in [0.2, 0.25) is 11.8 Å². The van der Waals surface area contributed by atoms with Crippen molar-refractivity contribution in [3.8, 4) is 23.7 Å². The van der Waals surface area contributed by atoms with E-state index in [0.29, 0.717) is 58.6 Å². The quantitative estimate of drug-likeness (QED) is 0.0861. The van der Waals surface area contributed by atoms with Crippen molar-refractivity contribution in [1.82, 2.24) is 30.0 Å². The van der Waals surface area contributed by atoms with E-state index in [4.69, 9.17) is 4.74 Å². The SMILES string of the molecule is CC1CCC(C(=O)N(c2cc(C#CC(C)(C)C)sc2C(=O)OC(=O)c2sc(C#CC(C)(C)C)cc2N(C(=O)C2CCC(C)CC2)C2(n3ccnn3)CCCCC2)C2CCC(n3ccnn3)CC2)CC1. The molecule has 13 nitrogen and oxygen atoms in total. The lowest BCUT2D eigenvalue weighted by Crippen LogP contribution is -2.57. The van der Waals surface area contributed by atoms with E-state index in [-0.39, 0.29) is 56.3 Å². The number of anilines is 2. The lowest BCUT2D eigenvalue weighted by molar-refractivity contribution is -0.126. The molecule has 0 unspecified atom stereocenters. The number of esters is 2. The Balaban J connectivity index is 1.21. The van der Waals surface area contributed by atoms with Crippen LogP contribution in [-0.2, 0) is 20.0 Å². The van der Waals surface area contributed by atoms with Crippen molar-refractivity contribution in [2.45, 2.75) is 182 Å². The number of aromatic nitrogens is 6. The summed E-state index contributed by atoms with van der Waals surface area (Å²) in [6.45, 7) is 16.6. The smallest absolute Gasteiger partial charge is 0.358 e.